The van der Waals surface area contributed by atoms with Crippen LogP contribution in [0.4, 0.5) is 0 Å². The smallest absolute Gasteiger partial charge is 0.341 e. The Morgan fingerprint density at radius 3 is 2.79 bits per heavy atom. The molecule has 0 saturated heterocycles. The molecule has 0 saturated carbocycles. The third-order valence-electron chi connectivity index (χ3n) is 2.78. The molecule has 19 heavy (non-hydrogen) atoms. The number of carboxylic acid groups (broad SMARTS) is 1. The zero-order chi connectivity index (χ0) is 13.4. The molecule has 2 heterocycles. The molecule has 0 bridgehead atoms. The van der Waals surface area contributed by atoms with E-state index in [1.54, 1.807) is 12.3 Å². The van der Waals surface area contributed by atoms with Gasteiger partial charge in [-0.1, -0.05) is 34.1 Å². The summed E-state index contributed by atoms with van der Waals surface area (Å²) in [6.45, 7) is 0. The minimum atomic E-state index is -1.04. The average Bonchev–Trinajstić information content (AvgIpc) is 2.83. The highest BCUT2D eigenvalue weighted by Gasteiger charge is 2.15. The number of halogens is 1. The molecule has 0 radical (unpaired) electrons. The van der Waals surface area contributed by atoms with Crippen LogP contribution in [0.2, 0.25) is 0 Å². The van der Waals surface area contributed by atoms with Crippen LogP contribution in [0.5, 0.6) is 0 Å². The van der Waals surface area contributed by atoms with Crippen LogP contribution in [0, 0.1) is 0 Å². The van der Waals surface area contributed by atoms with E-state index in [0.29, 0.717) is 5.65 Å². The number of aromatic nitrogens is 3. The molecule has 1 N–H and O–H groups in total. The van der Waals surface area contributed by atoms with Gasteiger partial charge in [-0.25, -0.2) is 14.3 Å². The van der Waals surface area contributed by atoms with E-state index >= 15 is 0 Å². The molecule has 3 aromatic rings. The predicted molar refractivity (Wildman–Crippen MR) is 73.1 cm³/mol. The quantitative estimate of drug-likeness (QED) is 0.789. The molecule has 0 spiro atoms. The normalized spacial score (nSPS) is 10.8. The first kappa shape index (κ1) is 11.9. The Balaban J connectivity index is 2.32. The summed E-state index contributed by atoms with van der Waals surface area (Å²) >= 11 is 3.48. The van der Waals surface area contributed by atoms with Gasteiger partial charge in [-0.3, -0.25) is 0 Å². The second kappa shape index (κ2) is 4.47. The van der Waals surface area contributed by atoms with Crippen molar-refractivity contribution in [3.05, 3.63) is 52.8 Å². The largest absolute Gasteiger partial charge is 0.477 e. The molecule has 2 aromatic heterocycles. The van der Waals surface area contributed by atoms with Crippen LogP contribution in [-0.4, -0.2) is 25.7 Å². The summed E-state index contributed by atoms with van der Waals surface area (Å²) in [6.07, 6.45) is 2.89. The number of benzene rings is 1. The van der Waals surface area contributed by atoms with Gasteiger partial charge in [0.1, 0.15) is 5.56 Å². The van der Waals surface area contributed by atoms with Gasteiger partial charge in [-0.05, 0) is 12.1 Å². The summed E-state index contributed by atoms with van der Waals surface area (Å²) in [7, 11) is 0. The highest BCUT2D eigenvalue weighted by Crippen LogP contribution is 2.28. The van der Waals surface area contributed by atoms with E-state index in [1.807, 2.05) is 24.3 Å². The van der Waals surface area contributed by atoms with E-state index in [4.69, 9.17) is 5.11 Å². The molecule has 0 aliphatic heterocycles. The first-order valence-electron chi connectivity index (χ1n) is 5.49. The van der Waals surface area contributed by atoms with Crippen molar-refractivity contribution in [3.63, 3.8) is 0 Å². The van der Waals surface area contributed by atoms with Crippen LogP contribution in [-0.2, 0) is 0 Å². The van der Waals surface area contributed by atoms with Gasteiger partial charge in [0.15, 0.2) is 5.65 Å². The molecular weight excluding hydrogens is 310 g/mol. The average molecular weight is 318 g/mol. The SMILES string of the molecule is O=C(O)c1cnn2c(-c3ccccc3Br)ccnc12. The van der Waals surface area contributed by atoms with E-state index in [9.17, 15) is 4.79 Å². The number of hydrogen-bond donors (Lipinski definition) is 1. The van der Waals surface area contributed by atoms with Crippen molar-refractivity contribution in [2.75, 3.05) is 0 Å². The Labute approximate surface area is 116 Å². The molecule has 6 heteroatoms. The maximum absolute atomic E-state index is 11.1. The first-order valence-corrected chi connectivity index (χ1v) is 6.28. The molecule has 3 rings (SSSR count). The van der Waals surface area contributed by atoms with E-state index in [0.717, 1.165) is 15.7 Å². The summed E-state index contributed by atoms with van der Waals surface area (Å²) in [6, 6.07) is 9.47. The predicted octanol–water partition coefficient (Wildman–Crippen LogP) is 2.86. The summed E-state index contributed by atoms with van der Waals surface area (Å²) in [4.78, 5) is 15.2. The van der Waals surface area contributed by atoms with Gasteiger partial charge in [0.25, 0.3) is 0 Å². The summed E-state index contributed by atoms with van der Waals surface area (Å²) in [5.41, 5.74) is 2.13. The van der Waals surface area contributed by atoms with Crippen molar-refractivity contribution in [1.29, 1.82) is 0 Å². The molecule has 0 unspecified atom stereocenters. The fourth-order valence-corrected chi connectivity index (χ4v) is 2.40. The Bertz CT molecular complexity index is 782. The lowest BCUT2D eigenvalue weighted by Crippen LogP contribution is -1.99. The van der Waals surface area contributed by atoms with Gasteiger partial charge < -0.3 is 5.11 Å². The van der Waals surface area contributed by atoms with Gasteiger partial charge >= 0.3 is 5.97 Å². The fraction of sp³-hybridized carbons (Fsp3) is 0. The molecular formula is C13H8BrN3O2. The Morgan fingerprint density at radius 2 is 2.05 bits per heavy atom. The molecule has 5 nitrogen and oxygen atoms in total. The maximum Gasteiger partial charge on any atom is 0.341 e. The lowest BCUT2D eigenvalue weighted by atomic mass is 10.1. The van der Waals surface area contributed by atoms with Crippen LogP contribution in [0.1, 0.15) is 10.4 Å². The molecule has 0 fully saturated rings. The van der Waals surface area contributed by atoms with Crippen LogP contribution in [0.25, 0.3) is 16.9 Å². The van der Waals surface area contributed by atoms with E-state index in [1.165, 1.54) is 10.7 Å². The zero-order valence-corrected chi connectivity index (χ0v) is 11.2. The van der Waals surface area contributed by atoms with Crippen LogP contribution in [0.15, 0.2) is 47.2 Å². The third kappa shape index (κ3) is 1.90. The van der Waals surface area contributed by atoms with E-state index in [-0.39, 0.29) is 5.56 Å². The summed E-state index contributed by atoms with van der Waals surface area (Å²) in [5, 5.41) is 13.2. The molecule has 1 aromatic carbocycles. The van der Waals surface area contributed by atoms with Gasteiger partial charge in [-0.15, -0.1) is 0 Å². The monoisotopic (exact) mass is 317 g/mol. The van der Waals surface area contributed by atoms with Crippen LogP contribution >= 0.6 is 15.9 Å². The number of carboxylic acids is 1. The van der Waals surface area contributed by atoms with Crippen molar-refractivity contribution in [2.24, 2.45) is 0 Å². The van der Waals surface area contributed by atoms with Crippen LogP contribution < -0.4 is 0 Å². The third-order valence-corrected chi connectivity index (χ3v) is 3.47. The standard InChI is InChI=1S/C13H8BrN3O2/c14-10-4-2-1-3-8(10)11-5-6-15-12-9(13(18)19)7-16-17(11)12/h1-7H,(H,18,19). The highest BCUT2D eigenvalue weighted by atomic mass is 79.9. The fourth-order valence-electron chi connectivity index (χ4n) is 1.92. The number of rotatable bonds is 2. The molecule has 0 atom stereocenters. The number of fused-ring (bicyclic) bond motifs is 1. The van der Waals surface area contributed by atoms with E-state index in [2.05, 4.69) is 26.0 Å². The zero-order valence-electron chi connectivity index (χ0n) is 9.62. The number of nitrogens with zero attached hydrogens (tertiary/aromatic N) is 3. The van der Waals surface area contributed by atoms with Gasteiger partial charge in [0.2, 0.25) is 0 Å². The van der Waals surface area contributed by atoms with Gasteiger partial charge in [-0.2, -0.15) is 5.10 Å². The Morgan fingerprint density at radius 1 is 1.26 bits per heavy atom. The van der Waals surface area contributed by atoms with Gasteiger partial charge in [0.05, 0.1) is 11.9 Å². The number of aromatic carboxylic acids is 1. The molecule has 0 aliphatic carbocycles. The molecule has 0 amide bonds. The Hall–Kier alpha value is -2.21. The maximum atomic E-state index is 11.1. The van der Waals surface area contributed by atoms with Crippen molar-refractivity contribution in [1.82, 2.24) is 14.6 Å². The minimum absolute atomic E-state index is 0.0916. The number of carbonyl (C=O) groups is 1. The van der Waals surface area contributed by atoms with Crippen molar-refractivity contribution >= 4 is 27.5 Å². The highest BCUT2D eigenvalue weighted by molar-refractivity contribution is 9.10. The first-order chi connectivity index (χ1) is 9.18. The summed E-state index contributed by atoms with van der Waals surface area (Å²) < 4.78 is 2.44. The molecule has 0 aliphatic rings. The Kier molecular flexibility index (Phi) is 2.79. The number of hydrogen-bond acceptors (Lipinski definition) is 3. The van der Waals surface area contributed by atoms with E-state index < -0.39 is 5.97 Å². The second-order valence-corrected chi connectivity index (χ2v) is 4.76. The summed E-state index contributed by atoms with van der Waals surface area (Å²) in [5.74, 6) is -1.04. The van der Waals surface area contributed by atoms with Gasteiger partial charge in [0, 0.05) is 16.2 Å². The van der Waals surface area contributed by atoms with Crippen LogP contribution in [0.3, 0.4) is 0 Å². The van der Waals surface area contributed by atoms with Crippen molar-refractivity contribution < 1.29 is 9.90 Å². The second-order valence-electron chi connectivity index (χ2n) is 3.91. The lowest BCUT2D eigenvalue weighted by Gasteiger charge is -2.06. The topological polar surface area (TPSA) is 67.5 Å². The minimum Gasteiger partial charge on any atom is -0.477 e. The van der Waals surface area contributed by atoms with Crippen molar-refractivity contribution in [2.45, 2.75) is 0 Å². The lowest BCUT2D eigenvalue weighted by molar-refractivity contribution is 0.0699. The van der Waals surface area contributed by atoms with Crippen molar-refractivity contribution in [3.8, 4) is 11.3 Å². The molecule has 94 valence electrons.